The van der Waals surface area contributed by atoms with Gasteiger partial charge in [0.15, 0.2) is 0 Å². The fourth-order valence-corrected chi connectivity index (χ4v) is 3.63. The molecule has 31 heavy (non-hydrogen) atoms. The molecule has 3 amide bonds. The molecule has 1 saturated heterocycles. The number of urea groups is 1. The highest BCUT2D eigenvalue weighted by Gasteiger charge is 2.27. The quantitative estimate of drug-likeness (QED) is 0.567. The summed E-state index contributed by atoms with van der Waals surface area (Å²) in [5, 5.41) is 3.42. The van der Waals surface area contributed by atoms with Gasteiger partial charge < -0.3 is 10.2 Å². The molecule has 0 atom stereocenters. The van der Waals surface area contributed by atoms with Crippen LogP contribution in [0.4, 0.5) is 20.6 Å². The Morgan fingerprint density at radius 3 is 2.29 bits per heavy atom. The van der Waals surface area contributed by atoms with Gasteiger partial charge in [0.1, 0.15) is 5.82 Å². The van der Waals surface area contributed by atoms with Crippen molar-refractivity contribution in [2.45, 2.75) is 13.0 Å². The standard InChI is InChI=1S/C24H21ClFN3O2/c25-19-6-10-21(11-7-19)27-23(30)18-4-12-22(13-5-18)29-15-1-14-28(24(29)31)16-17-2-8-20(26)9-3-17/h2-13H,1,14-16H2,(H,27,30). The van der Waals surface area contributed by atoms with Crippen molar-refractivity contribution in [3.8, 4) is 0 Å². The molecule has 3 aromatic rings. The van der Waals surface area contributed by atoms with E-state index in [1.165, 1.54) is 12.1 Å². The highest BCUT2D eigenvalue weighted by Crippen LogP contribution is 2.23. The van der Waals surface area contributed by atoms with Crippen LogP contribution in [0.5, 0.6) is 0 Å². The molecule has 158 valence electrons. The Bertz CT molecular complexity index is 1070. The zero-order valence-electron chi connectivity index (χ0n) is 16.7. The van der Waals surface area contributed by atoms with Crippen molar-refractivity contribution in [3.63, 3.8) is 0 Å². The molecule has 7 heteroatoms. The first-order chi connectivity index (χ1) is 15.0. The fourth-order valence-electron chi connectivity index (χ4n) is 3.51. The van der Waals surface area contributed by atoms with Crippen molar-refractivity contribution in [2.75, 3.05) is 23.3 Å². The number of anilines is 2. The number of amides is 3. The number of nitrogens with zero attached hydrogens (tertiary/aromatic N) is 2. The predicted molar refractivity (Wildman–Crippen MR) is 120 cm³/mol. The molecule has 0 radical (unpaired) electrons. The number of hydrogen-bond donors (Lipinski definition) is 1. The maximum absolute atomic E-state index is 13.1. The first-order valence-corrected chi connectivity index (χ1v) is 10.4. The number of rotatable bonds is 5. The maximum Gasteiger partial charge on any atom is 0.324 e. The predicted octanol–water partition coefficient (Wildman–Crippen LogP) is 5.56. The third-order valence-corrected chi connectivity index (χ3v) is 5.39. The second-order valence-electron chi connectivity index (χ2n) is 7.34. The average Bonchev–Trinajstić information content (AvgIpc) is 2.78. The summed E-state index contributed by atoms with van der Waals surface area (Å²) in [6.45, 7) is 1.68. The van der Waals surface area contributed by atoms with Gasteiger partial charge in [-0.2, -0.15) is 0 Å². The summed E-state index contributed by atoms with van der Waals surface area (Å²) in [5.74, 6) is -0.535. The van der Waals surface area contributed by atoms with Crippen molar-refractivity contribution in [2.24, 2.45) is 0 Å². The molecule has 1 N–H and O–H groups in total. The van der Waals surface area contributed by atoms with Crippen LogP contribution >= 0.6 is 11.6 Å². The third-order valence-electron chi connectivity index (χ3n) is 5.14. The number of hydrogen-bond acceptors (Lipinski definition) is 2. The van der Waals surface area contributed by atoms with Gasteiger partial charge in [-0.05, 0) is 72.6 Å². The summed E-state index contributed by atoms with van der Waals surface area (Å²) in [7, 11) is 0. The van der Waals surface area contributed by atoms with E-state index in [2.05, 4.69) is 5.32 Å². The first-order valence-electron chi connectivity index (χ1n) is 9.97. The molecule has 0 aromatic heterocycles. The molecule has 0 bridgehead atoms. The average molecular weight is 438 g/mol. The van der Waals surface area contributed by atoms with Gasteiger partial charge in [-0.15, -0.1) is 0 Å². The smallest absolute Gasteiger partial charge is 0.322 e. The van der Waals surface area contributed by atoms with E-state index < -0.39 is 0 Å². The zero-order chi connectivity index (χ0) is 21.8. The Labute approximate surface area is 185 Å². The molecule has 3 aromatic carbocycles. The molecule has 0 unspecified atom stereocenters. The lowest BCUT2D eigenvalue weighted by atomic mass is 10.1. The summed E-state index contributed by atoms with van der Waals surface area (Å²) >= 11 is 5.87. The topological polar surface area (TPSA) is 52.7 Å². The lowest BCUT2D eigenvalue weighted by Gasteiger charge is -2.35. The van der Waals surface area contributed by atoms with Crippen LogP contribution in [0.15, 0.2) is 72.8 Å². The second kappa shape index (κ2) is 9.18. The summed E-state index contributed by atoms with van der Waals surface area (Å²) < 4.78 is 13.1. The molecule has 5 nitrogen and oxygen atoms in total. The van der Waals surface area contributed by atoms with Gasteiger partial charge in [-0.3, -0.25) is 9.69 Å². The van der Waals surface area contributed by atoms with Gasteiger partial charge in [-0.25, -0.2) is 9.18 Å². The van der Waals surface area contributed by atoms with E-state index in [4.69, 9.17) is 11.6 Å². The molecule has 1 heterocycles. The van der Waals surface area contributed by atoms with Gasteiger partial charge in [0.05, 0.1) is 0 Å². The third kappa shape index (κ3) is 5.03. The number of carbonyl (C=O) groups is 2. The van der Waals surface area contributed by atoms with Crippen molar-refractivity contribution < 1.29 is 14.0 Å². The van der Waals surface area contributed by atoms with E-state index in [0.717, 1.165) is 17.7 Å². The summed E-state index contributed by atoms with van der Waals surface area (Å²) in [4.78, 5) is 28.9. The van der Waals surface area contributed by atoms with E-state index >= 15 is 0 Å². The minimum Gasteiger partial charge on any atom is -0.322 e. The van der Waals surface area contributed by atoms with Crippen LogP contribution in [-0.4, -0.2) is 29.9 Å². The number of halogens is 2. The molecule has 1 fully saturated rings. The highest BCUT2D eigenvalue weighted by atomic mass is 35.5. The summed E-state index contributed by atoms with van der Waals surface area (Å²) in [6.07, 6.45) is 0.825. The SMILES string of the molecule is O=C(Nc1ccc(Cl)cc1)c1ccc(N2CCCN(Cc3ccc(F)cc3)C2=O)cc1. The molecular formula is C24H21ClFN3O2. The molecule has 0 saturated carbocycles. The van der Waals surface area contributed by atoms with Gasteiger partial charge in [0.25, 0.3) is 5.91 Å². The fraction of sp³-hybridized carbons (Fsp3) is 0.167. The van der Waals surface area contributed by atoms with Crippen LogP contribution in [0.3, 0.4) is 0 Å². The van der Waals surface area contributed by atoms with Gasteiger partial charge >= 0.3 is 6.03 Å². The molecule has 0 aliphatic carbocycles. The van der Waals surface area contributed by atoms with Crippen molar-refractivity contribution in [1.29, 1.82) is 0 Å². The Morgan fingerprint density at radius 1 is 0.935 bits per heavy atom. The van der Waals surface area contributed by atoms with Crippen LogP contribution in [0.25, 0.3) is 0 Å². The maximum atomic E-state index is 13.1. The largest absolute Gasteiger partial charge is 0.324 e. The monoisotopic (exact) mass is 437 g/mol. The molecule has 1 aliphatic heterocycles. The van der Waals surface area contributed by atoms with Gasteiger partial charge in [0, 0.05) is 41.6 Å². The van der Waals surface area contributed by atoms with Crippen LogP contribution in [0.1, 0.15) is 22.3 Å². The first kappa shape index (κ1) is 20.9. The molecule has 4 rings (SSSR count). The van der Waals surface area contributed by atoms with Crippen LogP contribution < -0.4 is 10.2 Å². The highest BCUT2D eigenvalue weighted by molar-refractivity contribution is 6.30. The lowest BCUT2D eigenvalue weighted by Crippen LogP contribution is -2.49. The summed E-state index contributed by atoms with van der Waals surface area (Å²) in [6, 6.07) is 19.9. The van der Waals surface area contributed by atoms with Crippen LogP contribution in [0.2, 0.25) is 5.02 Å². The van der Waals surface area contributed by atoms with Crippen molar-refractivity contribution >= 4 is 34.9 Å². The normalized spacial score (nSPS) is 13.9. The summed E-state index contributed by atoms with van der Waals surface area (Å²) in [5.41, 5.74) is 2.76. The van der Waals surface area contributed by atoms with E-state index in [1.54, 1.807) is 70.5 Å². The molecular weight excluding hydrogens is 417 g/mol. The van der Waals surface area contributed by atoms with E-state index in [9.17, 15) is 14.0 Å². The van der Waals surface area contributed by atoms with E-state index in [-0.39, 0.29) is 17.8 Å². The van der Waals surface area contributed by atoms with Crippen LogP contribution in [-0.2, 0) is 6.54 Å². The second-order valence-corrected chi connectivity index (χ2v) is 7.78. The molecule has 1 aliphatic rings. The van der Waals surface area contributed by atoms with E-state index in [0.29, 0.717) is 35.9 Å². The number of benzene rings is 3. The molecule has 0 spiro atoms. The Balaban J connectivity index is 1.42. The Hall–Kier alpha value is -3.38. The minimum absolute atomic E-state index is 0.103. The van der Waals surface area contributed by atoms with Gasteiger partial charge in [0.2, 0.25) is 0 Å². The van der Waals surface area contributed by atoms with E-state index in [1.807, 2.05) is 0 Å². The number of nitrogens with one attached hydrogen (secondary N) is 1. The minimum atomic E-state index is -0.296. The van der Waals surface area contributed by atoms with Crippen LogP contribution in [0, 0.1) is 5.82 Å². The zero-order valence-corrected chi connectivity index (χ0v) is 17.5. The van der Waals surface area contributed by atoms with Crippen molar-refractivity contribution in [1.82, 2.24) is 4.90 Å². The Kier molecular flexibility index (Phi) is 6.18. The Morgan fingerprint density at radius 2 is 1.61 bits per heavy atom. The lowest BCUT2D eigenvalue weighted by molar-refractivity contribution is 0.102. The van der Waals surface area contributed by atoms with Crippen molar-refractivity contribution in [3.05, 3.63) is 94.8 Å². The number of carbonyl (C=O) groups excluding carboxylic acids is 2. The van der Waals surface area contributed by atoms with Gasteiger partial charge in [-0.1, -0.05) is 23.7 Å².